The third-order valence-electron chi connectivity index (χ3n) is 1.70. The fourth-order valence-corrected chi connectivity index (χ4v) is 1.01. The minimum atomic E-state index is 0.693. The van der Waals surface area contributed by atoms with Crippen molar-refractivity contribution >= 4 is 6.29 Å². The van der Waals surface area contributed by atoms with Gasteiger partial charge in [0.15, 0.2) is 6.29 Å². The number of carbonyl (C=O) groups is 1. The van der Waals surface area contributed by atoms with Crippen molar-refractivity contribution < 1.29 is 9.21 Å². The van der Waals surface area contributed by atoms with E-state index in [0.717, 1.165) is 31.1 Å². The van der Waals surface area contributed by atoms with Crippen molar-refractivity contribution in [1.82, 2.24) is 0 Å². The lowest BCUT2D eigenvalue weighted by atomic mass is 10.1. The zero-order valence-corrected chi connectivity index (χ0v) is 6.67. The zero-order valence-electron chi connectivity index (χ0n) is 6.67. The van der Waals surface area contributed by atoms with Crippen molar-refractivity contribution in [2.75, 3.05) is 0 Å². The average Bonchev–Trinajstić information content (AvgIpc) is 2.47. The van der Waals surface area contributed by atoms with Crippen LogP contribution in [-0.2, 0) is 6.42 Å². The predicted molar refractivity (Wildman–Crippen MR) is 42.7 cm³/mol. The predicted octanol–water partition coefficient (Wildman–Crippen LogP) is 2.43. The smallest absolute Gasteiger partial charge is 0.153 e. The summed E-state index contributed by atoms with van der Waals surface area (Å²) >= 11 is 0. The number of unbranched alkanes of at least 4 members (excludes halogenated alkanes) is 1. The van der Waals surface area contributed by atoms with Crippen LogP contribution in [0.4, 0.5) is 0 Å². The SMILES string of the molecule is CCCCc1cocc1C=O. The maximum Gasteiger partial charge on any atom is 0.153 e. The van der Waals surface area contributed by atoms with Gasteiger partial charge in [-0.2, -0.15) is 0 Å². The summed E-state index contributed by atoms with van der Waals surface area (Å²) in [6.07, 6.45) is 7.19. The first-order valence-electron chi connectivity index (χ1n) is 3.88. The topological polar surface area (TPSA) is 30.2 Å². The summed E-state index contributed by atoms with van der Waals surface area (Å²) in [5.74, 6) is 0. The number of hydrogen-bond donors (Lipinski definition) is 0. The molecule has 2 nitrogen and oxygen atoms in total. The highest BCUT2D eigenvalue weighted by Gasteiger charge is 2.02. The summed E-state index contributed by atoms with van der Waals surface area (Å²) in [5.41, 5.74) is 1.72. The van der Waals surface area contributed by atoms with E-state index >= 15 is 0 Å². The van der Waals surface area contributed by atoms with Crippen molar-refractivity contribution in [3.8, 4) is 0 Å². The first-order chi connectivity index (χ1) is 5.38. The number of furan rings is 1. The standard InChI is InChI=1S/C9H12O2/c1-2-3-4-8-6-11-7-9(8)5-10/h5-7H,2-4H2,1H3. The van der Waals surface area contributed by atoms with Gasteiger partial charge in [0.2, 0.25) is 0 Å². The highest BCUT2D eigenvalue weighted by molar-refractivity contribution is 5.76. The number of carbonyl (C=O) groups excluding carboxylic acids is 1. The Hall–Kier alpha value is -1.05. The van der Waals surface area contributed by atoms with Crippen molar-refractivity contribution in [3.05, 3.63) is 23.7 Å². The maximum absolute atomic E-state index is 10.4. The summed E-state index contributed by atoms with van der Waals surface area (Å²) in [6.45, 7) is 2.13. The molecule has 0 aromatic carbocycles. The van der Waals surface area contributed by atoms with Crippen LogP contribution in [0.25, 0.3) is 0 Å². The van der Waals surface area contributed by atoms with Gasteiger partial charge in [-0.1, -0.05) is 13.3 Å². The van der Waals surface area contributed by atoms with Gasteiger partial charge in [-0.05, 0) is 12.8 Å². The van der Waals surface area contributed by atoms with E-state index in [4.69, 9.17) is 4.42 Å². The third-order valence-corrected chi connectivity index (χ3v) is 1.70. The molecule has 0 saturated carbocycles. The molecule has 2 heteroatoms. The van der Waals surface area contributed by atoms with E-state index in [9.17, 15) is 4.79 Å². The molecule has 0 bridgehead atoms. The lowest BCUT2D eigenvalue weighted by Gasteiger charge is -1.93. The normalized spacial score (nSPS) is 9.91. The molecule has 0 N–H and O–H groups in total. The van der Waals surface area contributed by atoms with Gasteiger partial charge in [-0.25, -0.2) is 0 Å². The Morgan fingerprint density at radius 3 is 3.00 bits per heavy atom. The van der Waals surface area contributed by atoms with Crippen LogP contribution in [0.3, 0.4) is 0 Å². The molecule has 1 heterocycles. The second kappa shape index (κ2) is 3.96. The quantitative estimate of drug-likeness (QED) is 0.620. The van der Waals surface area contributed by atoms with Gasteiger partial charge < -0.3 is 4.42 Å². The molecule has 0 amide bonds. The minimum Gasteiger partial charge on any atom is -0.472 e. The van der Waals surface area contributed by atoms with Crippen LogP contribution >= 0.6 is 0 Å². The fourth-order valence-electron chi connectivity index (χ4n) is 1.01. The van der Waals surface area contributed by atoms with Crippen LogP contribution in [-0.4, -0.2) is 6.29 Å². The van der Waals surface area contributed by atoms with Gasteiger partial charge in [0, 0.05) is 5.56 Å². The van der Waals surface area contributed by atoms with Crippen molar-refractivity contribution in [1.29, 1.82) is 0 Å². The molecule has 1 aromatic heterocycles. The van der Waals surface area contributed by atoms with Gasteiger partial charge in [-0.15, -0.1) is 0 Å². The van der Waals surface area contributed by atoms with Crippen LogP contribution in [0.2, 0.25) is 0 Å². The molecule has 0 radical (unpaired) electrons. The second-order valence-electron chi connectivity index (χ2n) is 2.57. The van der Waals surface area contributed by atoms with Gasteiger partial charge in [0.25, 0.3) is 0 Å². The molecule has 0 fully saturated rings. The van der Waals surface area contributed by atoms with E-state index in [2.05, 4.69) is 6.92 Å². The van der Waals surface area contributed by atoms with Crippen LogP contribution in [0, 0.1) is 0 Å². The Morgan fingerprint density at radius 1 is 1.55 bits per heavy atom. The monoisotopic (exact) mass is 152 g/mol. The lowest BCUT2D eigenvalue weighted by Crippen LogP contribution is -1.86. The Morgan fingerprint density at radius 2 is 2.36 bits per heavy atom. The van der Waals surface area contributed by atoms with E-state index in [0.29, 0.717) is 5.56 Å². The Labute approximate surface area is 66.2 Å². The molecule has 0 aliphatic carbocycles. The van der Waals surface area contributed by atoms with E-state index in [1.807, 2.05) is 0 Å². The highest BCUT2D eigenvalue weighted by atomic mass is 16.3. The molecule has 11 heavy (non-hydrogen) atoms. The van der Waals surface area contributed by atoms with Gasteiger partial charge in [0.1, 0.15) is 6.26 Å². The maximum atomic E-state index is 10.4. The molecule has 0 aliphatic rings. The number of aryl methyl sites for hydroxylation is 1. The number of aldehydes is 1. The summed E-state index contributed by atoms with van der Waals surface area (Å²) < 4.78 is 4.90. The van der Waals surface area contributed by atoms with Crippen molar-refractivity contribution in [2.24, 2.45) is 0 Å². The highest BCUT2D eigenvalue weighted by Crippen LogP contribution is 2.10. The Bertz CT molecular complexity index is 225. The minimum absolute atomic E-state index is 0.693. The van der Waals surface area contributed by atoms with E-state index in [-0.39, 0.29) is 0 Å². The Balaban J connectivity index is 2.61. The lowest BCUT2D eigenvalue weighted by molar-refractivity contribution is 0.112. The molecule has 0 aliphatic heterocycles. The summed E-state index contributed by atoms with van der Waals surface area (Å²) in [4.78, 5) is 10.4. The van der Waals surface area contributed by atoms with Crippen LogP contribution in [0.5, 0.6) is 0 Å². The largest absolute Gasteiger partial charge is 0.472 e. The van der Waals surface area contributed by atoms with Gasteiger partial charge in [0.05, 0.1) is 11.8 Å². The molecule has 1 aromatic rings. The Kier molecular flexibility index (Phi) is 2.90. The van der Waals surface area contributed by atoms with Crippen molar-refractivity contribution in [3.63, 3.8) is 0 Å². The summed E-state index contributed by atoms with van der Waals surface area (Å²) in [7, 11) is 0. The van der Waals surface area contributed by atoms with Gasteiger partial charge >= 0.3 is 0 Å². The zero-order chi connectivity index (χ0) is 8.10. The van der Waals surface area contributed by atoms with Crippen molar-refractivity contribution in [2.45, 2.75) is 26.2 Å². The molecule has 60 valence electrons. The third kappa shape index (κ3) is 1.93. The first-order valence-corrected chi connectivity index (χ1v) is 3.88. The van der Waals surface area contributed by atoms with Crippen LogP contribution in [0.15, 0.2) is 16.9 Å². The van der Waals surface area contributed by atoms with Crippen LogP contribution < -0.4 is 0 Å². The first kappa shape index (κ1) is 8.05. The average molecular weight is 152 g/mol. The van der Waals surface area contributed by atoms with Gasteiger partial charge in [-0.3, -0.25) is 4.79 Å². The molecule has 0 atom stereocenters. The molecule has 1 rings (SSSR count). The molecular weight excluding hydrogens is 140 g/mol. The fraction of sp³-hybridized carbons (Fsp3) is 0.444. The van der Waals surface area contributed by atoms with E-state index in [1.54, 1.807) is 6.26 Å². The van der Waals surface area contributed by atoms with Crippen LogP contribution in [0.1, 0.15) is 35.7 Å². The second-order valence-corrected chi connectivity index (χ2v) is 2.57. The molecule has 0 unspecified atom stereocenters. The van der Waals surface area contributed by atoms with E-state index < -0.39 is 0 Å². The summed E-state index contributed by atoms with van der Waals surface area (Å²) in [6, 6.07) is 0. The molecule has 0 saturated heterocycles. The molecular formula is C9H12O2. The summed E-state index contributed by atoms with van der Waals surface area (Å²) in [5, 5.41) is 0. The van der Waals surface area contributed by atoms with E-state index in [1.165, 1.54) is 6.26 Å². The number of rotatable bonds is 4. The molecule has 0 spiro atoms. The number of hydrogen-bond acceptors (Lipinski definition) is 2.